The standard InChI is InChI=1S/C8H10F5NO2S/c9-7(10)3-5(16-6(7)15)4-14-1-2-17-8(11,12)13/h5,14H,1-4H2. The van der Waals surface area contributed by atoms with Crippen molar-refractivity contribution >= 4 is 17.7 Å². The first-order valence-corrected chi connectivity index (χ1v) is 5.69. The van der Waals surface area contributed by atoms with E-state index in [0.29, 0.717) is 0 Å². The van der Waals surface area contributed by atoms with E-state index in [9.17, 15) is 26.7 Å². The Kier molecular flexibility index (Phi) is 4.59. The normalized spacial score (nSPS) is 23.8. The first kappa shape index (κ1) is 14.5. The van der Waals surface area contributed by atoms with E-state index >= 15 is 0 Å². The summed E-state index contributed by atoms with van der Waals surface area (Å²) in [6.07, 6.45) is -1.71. The SMILES string of the molecule is O=C1OC(CNCCSC(F)(F)F)CC1(F)F. The number of esters is 1. The Morgan fingerprint density at radius 2 is 2.12 bits per heavy atom. The van der Waals surface area contributed by atoms with Gasteiger partial charge in [0.1, 0.15) is 6.10 Å². The van der Waals surface area contributed by atoms with E-state index in [2.05, 4.69) is 10.1 Å². The molecule has 0 aromatic heterocycles. The van der Waals surface area contributed by atoms with Crippen molar-refractivity contribution in [2.24, 2.45) is 0 Å². The number of carbonyl (C=O) groups is 1. The molecule has 0 spiro atoms. The minimum Gasteiger partial charge on any atom is -0.456 e. The average Bonchev–Trinajstić information content (AvgIpc) is 2.38. The van der Waals surface area contributed by atoms with Gasteiger partial charge in [-0.2, -0.15) is 22.0 Å². The molecule has 0 aromatic rings. The van der Waals surface area contributed by atoms with Crippen LogP contribution in [0.1, 0.15) is 6.42 Å². The van der Waals surface area contributed by atoms with Crippen LogP contribution in [-0.2, 0) is 9.53 Å². The van der Waals surface area contributed by atoms with E-state index in [4.69, 9.17) is 0 Å². The summed E-state index contributed by atoms with van der Waals surface area (Å²) in [7, 11) is 0. The first-order valence-electron chi connectivity index (χ1n) is 4.71. The third kappa shape index (κ3) is 5.07. The van der Waals surface area contributed by atoms with Crippen LogP contribution in [0.25, 0.3) is 0 Å². The molecule has 1 aliphatic heterocycles. The van der Waals surface area contributed by atoms with Crippen LogP contribution in [0, 0.1) is 0 Å². The van der Waals surface area contributed by atoms with Crippen LogP contribution < -0.4 is 5.32 Å². The molecule has 1 unspecified atom stereocenters. The topological polar surface area (TPSA) is 38.3 Å². The molecule has 0 radical (unpaired) electrons. The third-order valence-electron chi connectivity index (χ3n) is 1.97. The van der Waals surface area contributed by atoms with Crippen molar-refractivity contribution in [1.82, 2.24) is 5.32 Å². The van der Waals surface area contributed by atoms with E-state index in [0.717, 1.165) is 0 Å². The molecule has 1 aliphatic rings. The van der Waals surface area contributed by atoms with E-state index < -0.39 is 29.9 Å². The Labute approximate surface area is 98.1 Å². The highest BCUT2D eigenvalue weighted by Gasteiger charge is 2.50. The van der Waals surface area contributed by atoms with E-state index in [1.165, 1.54) is 0 Å². The second-order valence-electron chi connectivity index (χ2n) is 3.43. The van der Waals surface area contributed by atoms with Gasteiger partial charge >= 0.3 is 17.4 Å². The van der Waals surface area contributed by atoms with Gasteiger partial charge in [-0.3, -0.25) is 0 Å². The summed E-state index contributed by atoms with van der Waals surface area (Å²) in [5, 5.41) is 2.53. The molecule has 1 fully saturated rings. The molecule has 9 heteroatoms. The number of halogens is 5. The van der Waals surface area contributed by atoms with Crippen LogP contribution in [0.15, 0.2) is 0 Å². The Morgan fingerprint density at radius 3 is 2.59 bits per heavy atom. The van der Waals surface area contributed by atoms with Crippen LogP contribution in [0.3, 0.4) is 0 Å². The largest absolute Gasteiger partial charge is 0.456 e. The maximum absolute atomic E-state index is 12.7. The van der Waals surface area contributed by atoms with Crippen molar-refractivity contribution < 1.29 is 31.5 Å². The monoisotopic (exact) mass is 279 g/mol. The zero-order valence-corrected chi connectivity index (χ0v) is 9.34. The number of thioether (sulfide) groups is 1. The Bertz CT molecular complexity index is 284. The Hall–Kier alpha value is -0.570. The molecule has 0 aromatic carbocycles. The van der Waals surface area contributed by atoms with Crippen LogP contribution in [-0.4, -0.2) is 42.3 Å². The highest BCUT2D eigenvalue weighted by atomic mass is 32.2. The van der Waals surface area contributed by atoms with Gasteiger partial charge in [0.15, 0.2) is 0 Å². The number of hydrogen-bond acceptors (Lipinski definition) is 4. The summed E-state index contributed by atoms with van der Waals surface area (Å²) in [6.45, 7) is -0.0659. The molecule has 0 amide bonds. The van der Waals surface area contributed by atoms with E-state index in [1.807, 2.05) is 0 Å². The molecular formula is C8H10F5NO2S. The van der Waals surface area contributed by atoms with Gasteiger partial charge in [0.25, 0.3) is 0 Å². The fourth-order valence-corrected chi connectivity index (χ4v) is 1.74. The molecule has 0 aliphatic carbocycles. The van der Waals surface area contributed by atoms with Gasteiger partial charge in [-0.1, -0.05) is 0 Å². The van der Waals surface area contributed by atoms with Crippen molar-refractivity contribution in [3.05, 3.63) is 0 Å². The third-order valence-corrected chi connectivity index (χ3v) is 2.71. The minimum absolute atomic E-state index is 0.00377. The van der Waals surface area contributed by atoms with E-state index in [1.54, 1.807) is 0 Å². The van der Waals surface area contributed by atoms with Gasteiger partial charge in [0.05, 0.1) is 6.42 Å². The number of ether oxygens (including phenoxy) is 1. The summed E-state index contributed by atoms with van der Waals surface area (Å²) >= 11 is -0.202. The zero-order valence-electron chi connectivity index (χ0n) is 8.52. The maximum atomic E-state index is 12.7. The van der Waals surface area contributed by atoms with Crippen molar-refractivity contribution in [2.75, 3.05) is 18.8 Å². The number of hydrogen-bond donors (Lipinski definition) is 1. The summed E-state index contributed by atoms with van der Waals surface area (Å²) in [5.74, 6) is -5.28. The molecule has 1 rings (SSSR count). The molecule has 1 N–H and O–H groups in total. The highest BCUT2D eigenvalue weighted by molar-refractivity contribution is 8.00. The van der Waals surface area contributed by atoms with Crippen LogP contribution in [0.5, 0.6) is 0 Å². The lowest BCUT2D eigenvalue weighted by Gasteiger charge is -2.10. The molecule has 100 valence electrons. The van der Waals surface area contributed by atoms with Gasteiger partial charge < -0.3 is 10.1 Å². The number of rotatable bonds is 5. The number of carbonyl (C=O) groups excluding carboxylic acids is 1. The molecule has 3 nitrogen and oxygen atoms in total. The predicted octanol–water partition coefficient (Wildman–Crippen LogP) is 1.78. The quantitative estimate of drug-likeness (QED) is 0.473. The van der Waals surface area contributed by atoms with Crippen molar-refractivity contribution in [3.63, 3.8) is 0 Å². The summed E-state index contributed by atoms with van der Waals surface area (Å²) in [4.78, 5) is 10.6. The van der Waals surface area contributed by atoms with Gasteiger partial charge in [-0.25, -0.2) is 4.79 Å². The number of alkyl halides is 5. The molecule has 1 saturated heterocycles. The number of cyclic esters (lactones) is 1. The molecule has 17 heavy (non-hydrogen) atoms. The van der Waals surface area contributed by atoms with Gasteiger partial charge in [0, 0.05) is 18.8 Å². The van der Waals surface area contributed by atoms with Gasteiger partial charge in [-0.15, -0.1) is 0 Å². The lowest BCUT2D eigenvalue weighted by Crippen LogP contribution is -2.29. The predicted molar refractivity (Wildman–Crippen MR) is 50.8 cm³/mol. The lowest BCUT2D eigenvalue weighted by atomic mass is 10.2. The Morgan fingerprint density at radius 1 is 1.47 bits per heavy atom. The molecule has 1 atom stereocenters. The molecule has 1 heterocycles. The zero-order chi connectivity index (χ0) is 13.1. The van der Waals surface area contributed by atoms with E-state index in [-0.39, 0.29) is 30.6 Å². The van der Waals surface area contributed by atoms with Gasteiger partial charge in [0.2, 0.25) is 0 Å². The lowest BCUT2D eigenvalue weighted by molar-refractivity contribution is -0.158. The maximum Gasteiger partial charge on any atom is 0.441 e. The van der Waals surface area contributed by atoms with Gasteiger partial charge in [-0.05, 0) is 11.8 Å². The van der Waals surface area contributed by atoms with Crippen molar-refractivity contribution in [3.8, 4) is 0 Å². The fourth-order valence-electron chi connectivity index (χ4n) is 1.26. The molecule has 0 bridgehead atoms. The van der Waals surface area contributed by atoms with Crippen LogP contribution in [0.4, 0.5) is 22.0 Å². The second-order valence-corrected chi connectivity index (χ2v) is 4.59. The van der Waals surface area contributed by atoms with Crippen LogP contribution in [0.2, 0.25) is 0 Å². The van der Waals surface area contributed by atoms with Crippen molar-refractivity contribution in [1.29, 1.82) is 0 Å². The number of nitrogens with one attached hydrogen (secondary N) is 1. The first-order chi connectivity index (χ1) is 7.71. The fraction of sp³-hybridized carbons (Fsp3) is 0.875. The molecular weight excluding hydrogens is 269 g/mol. The highest BCUT2D eigenvalue weighted by Crippen LogP contribution is 2.31. The smallest absolute Gasteiger partial charge is 0.441 e. The molecule has 0 saturated carbocycles. The second kappa shape index (κ2) is 5.38. The average molecular weight is 279 g/mol. The Balaban J connectivity index is 2.11. The minimum atomic E-state index is -4.30. The van der Waals surface area contributed by atoms with Crippen LogP contribution >= 0.6 is 11.8 Å². The van der Waals surface area contributed by atoms with Crippen molar-refractivity contribution in [2.45, 2.75) is 24.0 Å². The summed E-state index contributed by atoms with van der Waals surface area (Å²) in [5.41, 5.74) is -4.30. The summed E-state index contributed by atoms with van der Waals surface area (Å²) in [6, 6.07) is 0. The summed E-state index contributed by atoms with van der Waals surface area (Å²) < 4.78 is 64.8.